The van der Waals surface area contributed by atoms with Crippen molar-refractivity contribution in [1.82, 2.24) is 10.2 Å². The molecule has 3 aromatic rings. The largest absolute Gasteiger partial charge is 0.384 e. The van der Waals surface area contributed by atoms with E-state index in [2.05, 4.69) is 10.6 Å². The quantitative estimate of drug-likeness (QED) is 0.592. The number of nitrogens with one attached hydrogen (secondary N) is 2. The summed E-state index contributed by atoms with van der Waals surface area (Å²) >= 11 is 0. The van der Waals surface area contributed by atoms with E-state index in [4.69, 9.17) is 0 Å². The zero-order valence-corrected chi connectivity index (χ0v) is 18.5. The maximum absolute atomic E-state index is 14.1. The first-order chi connectivity index (χ1) is 16.3. The second-order valence-corrected chi connectivity index (χ2v) is 10.1. The Morgan fingerprint density at radius 2 is 1.79 bits per heavy atom. The monoisotopic (exact) mass is 483 g/mol. The molecule has 2 aliphatic heterocycles. The summed E-state index contributed by atoms with van der Waals surface area (Å²) in [5.74, 6) is -3.06. The first-order valence-electron chi connectivity index (χ1n) is 10.5. The fourth-order valence-electron chi connectivity index (χ4n) is 4.35. The van der Waals surface area contributed by atoms with Crippen LogP contribution in [0, 0.1) is 11.6 Å². The number of nitrogens with zero attached hydrogens (tertiary/aromatic N) is 1. The Balaban J connectivity index is 1.52. The van der Waals surface area contributed by atoms with Gasteiger partial charge in [0.2, 0.25) is 9.84 Å². The highest BCUT2D eigenvalue weighted by atomic mass is 32.2. The van der Waals surface area contributed by atoms with Gasteiger partial charge in [0.25, 0.3) is 5.91 Å². The molecule has 3 amide bonds. The summed E-state index contributed by atoms with van der Waals surface area (Å²) in [6, 6.07) is 13.6. The number of carbonyl (C=O) groups excluding carboxylic acids is 2. The molecule has 1 saturated heterocycles. The molecule has 1 fully saturated rings. The minimum Gasteiger partial charge on any atom is -0.384 e. The number of hydrogen-bond acceptors (Lipinski definition) is 5. The third-order valence-corrected chi connectivity index (χ3v) is 7.96. The van der Waals surface area contributed by atoms with E-state index in [-0.39, 0.29) is 4.90 Å². The van der Waals surface area contributed by atoms with Gasteiger partial charge in [0.15, 0.2) is 5.37 Å². The lowest BCUT2D eigenvalue weighted by molar-refractivity contribution is 0.0824. The van der Waals surface area contributed by atoms with E-state index in [9.17, 15) is 26.8 Å². The molecule has 1 unspecified atom stereocenters. The second-order valence-electron chi connectivity index (χ2n) is 8.03. The molecule has 0 radical (unpaired) electrons. The Labute approximate surface area is 194 Å². The molecule has 7 nitrogen and oxygen atoms in total. The lowest BCUT2D eigenvalue weighted by Gasteiger charge is -2.18. The number of sulfone groups is 1. The molecule has 5 rings (SSSR count). The number of urea groups is 1. The van der Waals surface area contributed by atoms with Crippen molar-refractivity contribution < 1.29 is 26.8 Å². The SMILES string of the molecule is O=C1NC(S(=O)(=O)c2ccc3c(c2-c2ccccc2)CCN3)CN1C(=O)c1ccc(F)cc1F. The van der Waals surface area contributed by atoms with Crippen molar-refractivity contribution in [1.29, 1.82) is 0 Å². The molecule has 0 saturated carbocycles. The van der Waals surface area contributed by atoms with Gasteiger partial charge in [-0.1, -0.05) is 30.3 Å². The van der Waals surface area contributed by atoms with Crippen molar-refractivity contribution in [2.24, 2.45) is 0 Å². The zero-order chi connectivity index (χ0) is 24.0. The van der Waals surface area contributed by atoms with E-state index < -0.39 is 50.9 Å². The van der Waals surface area contributed by atoms with Crippen molar-refractivity contribution in [3.05, 3.63) is 83.4 Å². The fourth-order valence-corrected chi connectivity index (χ4v) is 6.05. The molecule has 2 aliphatic rings. The van der Waals surface area contributed by atoms with Crippen LogP contribution in [0.1, 0.15) is 15.9 Å². The third-order valence-electron chi connectivity index (χ3n) is 5.99. The third kappa shape index (κ3) is 3.60. The van der Waals surface area contributed by atoms with E-state index in [0.29, 0.717) is 35.1 Å². The van der Waals surface area contributed by atoms with Crippen LogP contribution in [-0.4, -0.2) is 43.7 Å². The molecule has 2 N–H and O–H groups in total. The maximum Gasteiger partial charge on any atom is 0.325 e. The van der Waals surface area contributed by atoms with Crippen LogP contribution in [0.25, 0.3) is 11.1 Å². The minimum absolute atomic E-state index is 0.0358. The first-order valence-corrected chi connectivity index (χ1v) is 12.1. The number of rotatable bonds is 4. The van der Waals surface area contributed by atoms with Gasteiger partial charge in [-0.2, -0.15) is 0 Å². The molecule has 0 aromatic heterocycles. The van der Waals surface area contributed by atoms with E-state index in [1.807, 2.05) is 30.3 Å². The lowest BCUT2D eigenvalue weighted by Crippen LogP contribution is -2.35. The minimum atomic E-state index is -4.14. The number of fused-ring (bicyclic) bond motifs is 1. The van der Waals surface area contributed by atoms with Crippen molar-refractivity contribution in [3.8, 4) is 11.1 Å². The van der Waals surface area contributed by atoms with Crippen LogP contribution in [0.5, 0.6) is 0 Å². The topological polar surface area (TPSA) is 95.6 Å². The van der Waals surface area contributed by atoms with Gasteiger partial charge in [-0.05, 0) is 41.8 Å². The molecule has 174 valence electrons. The molecule has 3 aromatic carbocycles. The number of halogens is 2. The van der Waals surface area contributed by atoms with Gasteiger partial charge in [0.1, 0.15) is 11.6 Å². The van der Waals surface area contributed by atoms with Crippen LogP contribution in [0.4, 0.5) is 19.3 Å². The number of benzene rings is 3. The van der Waals surface area contributed by atoms with Crippen LogP contribution in [-0.2, 0) is 16.3 Å². The van der Waals surface area contributed by atoms with Gasteiger partial charge < -0.3 is 10.6 Å². The standard InChI is InChI=1S/C24H19F2N3O4S/c25-15-6-7-16(18(26)12-15)23(30)29-13-21(28-24(29)31)34(32,33)20-9-8-19-17(10-11-27-19)22(20)14-4-2-1-3-5-14/h1-9,12,21,27H,10-11,13H2,(H,28,31). The van der Waals surface area contributed by atoms with Gasteiger partial charge in [-0.15, -0.1) is 0 Å². The molecule has 0 bridgehead atoms. The van der Waals surface area contributed by atoms with Crippen LogP contribution in [0.15, 0.2) is 65.6 Å². The highest BCUT2D eigenvalue weighted by molar-refractivity contribution is 7.92. The summed E-state index contributed by atoms with van der Waals surface area (Å²) in [6.07, 6.45) is 0.633. The summed E-state index contributed by atoms with van der Waals surface area (Å²) in [7, 11) is -4.14. The Hall–Kier alpha value is -3.79. The predicted molar refractivity (Wildman–Crippen MR) is 121 cm³/mol. The van der Waals surface area contributed by atoms with Crippen LogP contribution < -0.4 is 10.6 Å². The molecule has 34 heavy (non-hydrogen) atoms. The summed E-state index contributed by atoms with van der Waals surface area (Å²) in [4.78, 5) is 25.9. The van der Waals surface area contributed by atoms with Gasteiger partial charge >= 0.3 is 6.03 Å². The molecule has 0 spiro atoms. The Kier molecular flexibility index (Phi) is 5.32. The summed E-state index contributed by atoms with van der Waals surface area (Å²) in [5.41, 5.74) is 2.44. The smallest absolute Gasteiger partial charge is 0.325 e. The van der Waals surface area contributed by atoms with Gasteiger partial charge in [0.05, 0.1) is 17.0 Å². The van der Waals surface area contributed by atoms with Gasteiger partial charge in [0, 0.05) is 23.9 Å². The summed E-state index contributed by atoms with van der Waals surface area (Å²) in [6.45, 7) is 0.157. The molecular formula is C24H19F2N3O4S. The number of amides is 3. The number of hydrogen-bond donors (Lipinski definition) is 2. The summed E-state index contributed by atoms with van der Waals surface area (Å²) < 4.78 is 54.7. The second kappa shape index (κ2) is 8.21. The fraction of sp³-hybridized carbons (Fsp3) is 0.167. The van der Waals surface area contributed by atoms with Crippen LogP contribution in [0.2, 0.25) is 0 Å². The Morgan fingerprint density at radius 3 is 2.53 bits per heavy atom. The average molecular weight is 483 g/mol. The van der Waals surface area contributed by atoms with Crippen molar-refractivity contribution in [2.45, 2.75) is 16.7 Å². The van der Waals surface area contributed by atoms with Crippen LogP contribution >= 0.6 is 0 Å². The van der Waals surface area contributed by atoms with Gasteiger partial charge in [-0.3, -0.25) is 9.69 Å². The van der Waals surface area contributed by atoms with Crippen LogP contribution in [0.3, 0.4) is 0 Å². The summed E-state index contributed by atoms with van der Waals surface area (Å²) in [5, 5.41) is 4.14. The highest BCUT2D eigenvalue weighted by Crippen LogP contribution is 2.39. The Morgan fingerprint density at radius 1 is 1.03 bits per heavy atom. The van der Waals surface area contributed by atoms with Crippen molar-refractivity contribution >= 4 is 27.5 Å². The predicted octanol–water partition coefficient (Wildman–Crippen LogP) is 3.57. The number of imide groups is 1. The maximum atomic E-state index is 14.1. The molecule has 0 aliphatic carbocycles. The average Bonchev–Trinajstić information content (AvgIpc) is 3.45. The van der Waals surface area contributed by atoms with Crippen molar-refractivity contribution in [2.75, 3.05) is 18.4 Å². The van der Waals surface area contributed by atoms with E-state index in [1.54, 1.807) is 6.07 Å². The Bertz CT molecular complexity index is 1430. The first kappa shape index (κ1) is 22.0. The highest BCUT2D eigenvalue weighted by Gasteiger charge is 2.43. The van der Waals surface area contributed by atoms with Crippen molar-refractivity contribution in [3.63, 3.8) is 0 Å². The van der Waals surface area contributed by atoms with Gasteiger partial charge in [-0.25, -0.2) is 22.0 Å². The van der Waals surface area contributed by atoms with E-state index >= 15 is 0 Å². The molecular weight excluding hydrogens is 464 g/mol. The normalized spacial score (nSPS) is 17.3. The van der Waals surface area contributed by atoms with E-state index in [0.717, 1.165) is 23.4 Å². The lowest BCUT2D eigenvalue weighted by atomic mass is 9.98. The molecule has 1 atom stereocenters. The molecule has 2 heterocycles. The molecule has 10 heteroatoms. The number of anilines is 1. The number of carbonyl (C=O) groups is 2. The van der Waals surface area contributed by atoms with E-state index in [1.165, 1.54) is 6.07 Å². The zero-order valence-electron chi connectivity index (χ0n) is 17.7.